The van der Waals surface area contributed by atoms with Crippen LogP contribution in [-0.4, -0.2) is 42.1 Å². The summed E-state index contributed by atoms with van der Waals surface area (Å²) in [5.74, 6) is -1.53. The highest BCUT2D eigenvalue weighted by Crippen LogP contribution is 2.21. The van der Waals surface area contributed by atoms with Crippen LogP contribution in [0.1, 0.15) is 47.6 Å². The summed E-state index contributed by atoms with van der Waals surface area (Å²) in [6.07, 6.45) is 4.81. The van der Waals surface area contributed by atoms with E-state index in [-0.39, 0.29) is 43.8 Å². The van der Waals surface area contributed by atoms with Crippen LogP contribution in [0, 0.1) is 11.8 Å². The molecule has 0 saturated carbocycles. The molecule has 0 aliphatic rings. The van der Waals surface area contributed by atoms with Crippen molar-refractivity contribution in [3.63, 3.8) is 0 Å². The number of rotatable bonds is 21. The Hall–Kier alpha value is -5.47. The van der Waals surface area contributed by atoms with Gasteiger partial charge in [0.25, 0.3) is 0 Å². The Morgan fingerprint density at radius 3 is 1.86 bits per heavy atom. The number of nitrogens with one attached hydrogen (secondary N) is 2. The third-order valence-corrected chi connectivity index (χ3v) is 8.51. The topological polar surface area (TPSA) is 114 Å². The maximum absolute atomic E-state index is 13.6. The van der Waals surface area contributed by atoms with Crippen LogP contribution in [-0.2, 0) is 38.6 Å². The second kappa shape index (κ2) is 20.9. The molecular weight excluding hydrogens is 640 g/mol. The highest BCUT2D eigenvalue weighted by Gasteiger charge is 2.27. The number of carbonyl (C=O) groups is 3. The number of aliphatic hydroxyl groups is 1. The highest BCUT2D eigenvalue weighted by molar-refractivity contribution is 5.86. The van der Waals surface area contributed by atoms with E-state index in [1.807, 2.05) is 115 Å². The van der Waals surface area contributed by atoms with E-state index in [9.17, 15) is 19.5 Å². The van der Waals surface area contributed by atoms with E-state index in [4.69, 9.17) is 9.47 Å². The van der Waals surface area contributed by atoms with Crippen molar-refractivity contribution in [3.05, 3.63) is 163 Å². The second-order valence-electron chi connectivity index (χ2n) is 12.5. The molecule has 8 nitrogen and oxygen atoms in total. The summed E-state index contributed by atoms with van der Waals surface area (Å²) in [6.45, 7) is 7.70. The van der Waals surface area contributed by atoms with Crippen molar-refractivity contribution >= 4 is 17.8 Å². The number of hydrogen-bond acceptors (Lipinski definition) is 6. The molecule has 0 bridgehead atoms. The van der Waals surface area contributed by atoms with E-state index in [2.05, 4.69) is 23.8 Å². The number of allylic oxidation sites excluding steroid dienone is 2. The van der Waals surface area contributed by atoms with Crippen LogP contribution >= 0.6 is 0 Å². The minimum Gasteiger partial charge on any atom is -0.489 e. The molecule has 0 aromatic heterocycles. The van der Waals surface area contributed by atoms with Crippen LogP contribution in [0.15, 0.2) is 141 Å². The summed E-state index contributed by atoms with van der Waals surface area (Å²) in [6, 6.07) is 35.2. The summed E-state index contributed by atoms with van der Waals surface area (Å²) in [5, 5.41) is 16.0. The Balaban J connectivity index is 1.33. The van der Waals surface area contributed by atoms with Gasteiger partial charge in [0, 0.05) is 6.42 Å². The van der Waals surface area contributed by atoms with E-state index in [0.29, 0.717) is 25.9 Å². The number of carbonyl (C=O) groups excluding carboxylic acids is 3. The van der Waals surface area contributed by atoms with Crippen molar-refractivity contribution in [1.82, 2.24) is 10.6 Å². The van der Waals surface area contributed by atoms with Gasteiger partial charge in [-0.25, -0.2) is 0 Å². The minimum atomic E-state index is -0.726. The van der Waals surface area contributed by atoms with Crippen LogP contribution in [0.2, 0.25) is 0 Å². The van der Waals surface area contributed by atoms with Crippen molar-refractivity contribution in [3.8, 4) is 5.75 Å². The molecule has 266 valence electrons. The molecule has 8 heteroatoms. The lowest BCUT2D eigenvalue weighted by Gasteiger charge is -2.24. The van der Waals surface area contributed by atoms with E-state index in [1.165, 1.54) is 0 Å². The Kier molecular flexibility index (Phi) is 15.7. The van der Waals surface area contributed by atoms with Crippen molar-refractivity contribution in [2.75, 3.05) is 13.2 Å². The maximum Gasteiger partial charge on any atom is 0.309 e. The number of aliphatic hydroxyl groups excluding tert-OH is 1. The monoisotopic (exact) mass is 688 g/mol. The third-order valence-electron chi connectivity index (χ3n) is 8.51. The molecule has 0 fully saturated rings. The molecule has 0 heterocycles. The van der Waals surface area contributed by atoms with Gasteiger partial charge in [0.2, 0.25) is 11.8 Å². The molecule has 4 aromatic carbocycles. The summed E-state index contributed by atoms with van der Waals surface area (Å²) < 4.78 is 11.7. The van der Waals surface area contributed by atoms with Gasteiger partial charge in [-0.3, -0.25) is 14.4 Å². The zero-order chi connectivity index (χ0) is 36.3. The first-order valence-electron chi connectivity index (χ1n) is 17.3. The van der Waals surface area contributed by atoms with Crippen LogP contribution in [0.3, 0.4) is 0 Å². The van der Waals surface area contributed by atoms with Crippen molar-refractivity contribution in [1.29, 1.82) is 0 Å². The molecule has 51 heavy (non-hydrogen) atoms. The molecule has 0 aliphatic carbocycles. The van der Waals surface area contributed by atoms with Crippen LogP contribution in [0.5, 0.6) is 5.75 Å². The van der Waals surface area contributed by atoms with Crippen LogP contribution < -0.4 is 15.4 Å². The average Bonchev–Trinajstić information content (AvgIpc) is 3.16. The SMILES string of the molecule is C=CC[C@H](CC(=O)N[C@H](CO)Cc1ccc(OCc2ccccc2)cc1)C(=O)N[C@H](COC(=O)[C@H](CC=C)Cc1ccccc1)c1ccccc1. The highest BCUT2D eigenvalue weighted by atomic mass is 16.5. The first-order valence-corrected chi connectivity index (χ1v) is 17.3. The lowest BCUT2D eigenvalue weighted by Crippen LogP contribution is -2.42. The molecule has 0 spiro atoms. The number of benzene rings is 4. The van der Waals surface area contributed by atoms with Crippen molar-refractivity contribution in [2.45, 2.75) is 50.8 Å². The lowest BCUT2D eigenvalue weighted by molar-refractivity contribution is -0.150. The summed E-state index contributed by atoms with van der Waals surface area (Å²) in [5.41, 5.74) is 3.77. The second-order valence-corrected chi connectivity index (χ2v) is 12.5. The first kappa shape index (κ1) is 38.3. The number of amides is 2. The molecule has 0 unspecified atom stereocenters. The minimum absolute atomic E-state index is 0.0767. The summed E-state index contributed by atoms with van der Waals surface area (Å²) in [4.78, 5) is 40.1. The van der Waals surface area contributed by atoms with E-state index in [1.54, 1.807) is 12.2 Å². The maximum atomic E-state index is 13.6. The Labute approximate surface area is 301 Å². The fourth-order valence-electron chi connectivity index (χ4n) is 5.75. The molecule has 4 rings (SSSR count). The van der Waals surface area contributed by atoms with Crippen LogP contribution in [0.25, 0.3) is 0 Å². The van der Waals surface area contributed by atoms with E-state index >= 15 is 0 Å². The normalized spacial score (nSPS) is 13.1. The molecule has 0 aliphatic heterocycles. The molecule has 4 atom stereocenters. The van der Waals surface area contributed by atoms with Crippen molar-refractivity contribution in [2.24, 2.45) is 11.8 Å². The molecule has 4 aromatic rings. The fourth-order valence-corrected chi connectivity index (χ4v) is 5.75. The van der Waals surface area contributed by atoms with Gasteiger partial charge in [-0.05, 0) is 60.1 Å². The number of ether oxygens (including phenoxy) is 2. The summed E-state index contributed by atoms with van der Waals surface area (Å²) >= 11 is 0. The zero-order valence-electron chi connectivity index (χ0n) is 29.0. The number of esters is 1. The molecular formula is C43H48N2O6. The lowest BCUT2D eigenvalue weighted by atomic mass is 9.96. The predicted molar refractivity (Wildman–Crippen MR) is 200 cm³/mol. The van der Waals surface area contributed by atoms with Gasteiger partial charge in [0.05, 0.1) is 30.5 Å². The van der Waals surface area contributed by atoms with E-state index in [0.717, 1.165) is 28.0 Å². The number of hydrogen-bond donors (Lipinski definition) is 3. The molecule has 0 saturated heterocycles. The first-order chi connectivity index (χ1) is 24.9. The zero-order valence-corrected chi connectivity index (χ0v) is 29.0. The standard InChI is InChI=1S/C43H48N2O6/c1-3-14-36(28-41(47)44-38(29-46)27-33-22-24-39(25-23-33)50-30-34-18-10-6-11-19-34)42(48)45-40(35-20-12-7-13-21-35)31-51-43(49)37(15-4-2)26-32-16-8-5-9-17-32/h3-13,16-25,36-38,40,46H,1-2,14-15,26-31H2,(H,44,47)(H,45,48)/t36-,37-,38+,40-/m1/s1. The molecule has 0 radical (unpaired) electrons. The van der Waals surface area contributed by atoms with Gasteiger partial charge in [0.15, 0.2) is 0 Å². The third kappa shape index (κ3) is 13.1. The molecule has 2 amide bonds. The van der Waals surface area contributed by atoms with Gasteiger partial charge in [-0.15, -0.1) is 13.2 Å². The van der Waals surface area contributed by atoms with Crippen LogP contribution in [0.4, 0.5) is 0 Å². The smallest absolute Gasteiger partial charge is 0.309 e. The van der Waals surface area contributed by atoms with Gasteiger partial charge in [-0.1, -0.05) is 115 Å². The Morgan fingerprint density at radius 2 is 1.25 bits per heavy atom. The summed E-state index contributed by atoms with van der Waals surface area (Å²) in [7, 11) is 0. The Morgan fingerprint density at radius 1 is 0.686 bits per heavy atom. The van der Waals surface area contributed by atoms with Gasteiger partial charge in [0.1, 0.15) is 19.0 Å². The fraction of sp³-hybridized carbons (Fsp3) is 0.279. The van der Waals surface area contributed by atoms with E-state index < -0.39 is 23.9 Å². The largest absolute Gasteiger partial charge is 0.489 e. The van der Waals surface area contributed by atoms with Crippen molar-refractivity contribution < 1.29 is 29.0 Å². The Bertz CT molecular complexity index is 1660. The quantitative estimate of drug-likeness (QED) is 0.0663. The van der Waals surface area contributed by atoms with Gasteiger partial charge < -0.3 is 25.2 Å². The van der Waals surface area contributed by atoms with Gasteiger partial charge >= 0.3 is 5.97 Å². The molecule has 3 N–H and O–H groups in total. The average molecular weight is 689 g/mol. The van der Waals surface area contributed by atoms with Gasteiger partial charge in [-0.2, -0.15) is 0 Å². The predicted octanol–water partition coefficient (Wildman–Crippen LogP) is 6.70.